The first kappa shape index (κ1) is 17.5. The molecule has 1 N–H and O–H groups in total. The van der Waals surface area contributed by atoms with Gasteiger partial charge < -0.3 is 9.73 Å². The lowest BCUT2D eigenvalue weighted by atomic mass is 10.1. The Kier molecular flexibility index (Phi) is 4.79. The highest BCUT2D eigenvalue weighted by molar-refractivity contribution is 7.16. The molecule has 0 atom stereocenters. The highest BCUT2D eigenvalue weighted by atomic mass is 35.5. The molecule has 0 aliphatic carbocycles. The third-order valence-electron chi connectivity index (χ3n) is 3.89. The van der Waals surface area contributed by atoms with Gasteiger partial charge in [-0.05, 0) is 18.2 Å². The number of thiophene rings is 1. The monoisotopic (exact) mass is 401 g/mol. The maximum absolute atomic E-state index is 15.1. The minimum absolute atomic E-state index is 0.00965. The van der Waals surface area contributed by atoms with Gasteiger partial charge >= 0.3 is 0 Å². The number of halogens is 2. The number of nitrogens with one attached hydrogen (secondary N) is 1. The van der Waals surface area contributed by atoms with Gasteiger partial charge in [-0.25, -0.2) is 4.39 Å². The molecule has 136 valence electrons. The molecule has 0 bridgehead atoms. The average Bonchev–Trinajstić information content (AvgIpc) is 3.41. The van der Waals surface area contributed by atoms with Gasteiger partial charge in [0.2, 0.25) is 0 Å². The number of benzene rings is 1. The number of furan rings is 1. The molecule has 1 aromatic carbocycles. The van der Waals surface area contributed by atoms with E-state index in [9.17, 15) is 4.79 Å². The zero-order valence-corrected chi connectivity index (χ0v) is 15.4. The van der Waals surface area contributed by atoms with Gasteiger partial charge in [0.25, 0.3) is 5.91 Å². The number of aromatic nitrogens is 2. The molecule has 0 aliphatic heterocycles. The Labute approximate surface area is 163 Å². The Balaban J connectivity index is 1.74. The predicted molar refractivity (Wildman–Crippen MR) is 103 cm³/mol. The Morgan fingerprint density at radius 2 is 2.04 bits per heavy atom. The van der Waals surface area contributed by atoms with Crippen LogP contribution >= 0.6 is 22.9 Å². The average molecular weight is 402 g/mol. The van der Waals surface area contributed by atoms with Gasteiger partial charge in [-0.3, -0.25) is 4.79 Å². The van der Waals surface area contributed by atoms with Crippen molar-refractivity contribution in [3.8, 4) is 11.3 Å². The molecule has 4 rings (SSSR count). The van der Waals surface area contributed by atoms with Gasteiger partial charge in [-0.1, -0.05) is 41.9 Å². The second-order valence-electron chi connectivity index (χ2n) is 5.67. The number of hydrogen-bond donors (Lipinski definition) is 1. The summed E-state index contributed by atoms with van der Waals surface area (Å²) in [5, 5.41) is 7.19. The topological polar surface area (TPSA) is 60.1 Å². The first-order chi connectivity index (χ1) is 13.1. The van der Waals surface area contributed by atoms with E-state index in [1.54, 1.807) is 30.3 Å². The Bertz CT molecular complexity index is 1070. The van der Waals surface area contributed by atoms with Crippen LogP contribution in [0.3, 0.4) is 0 Å². The van der Waals surface area contributed by atoms with Crippen LogP contribution in [0.25, 0.3) is 11.3 Å². The molecule has 3 heterocycles. The van der Waals surface area contributed by atoms with Gasteiger partial charge in [0.15, 0.2) is 11.6 Å². The number of hydrogen-bond acceptors (Lipinski definition) is 5. The van der Waals surface area contributed by atoms with Crippen LogP contribution in [-0.4, -0.2) is 15.7 Å². The molecule has 0 unspecified atom stereocenters. The van der Waals surface area contributed by atoms with E-state index >= 15 is 4.39 Å². The zero-order valence-electron chi connectivity index (χ0n) is 13.9. The molecule has 0 spiro atoms. The Morgan fingerprint density at radius 1 is 1.22 bits per heavy atom. The van der Waals surface area contributed by atoms with Crippen LogP contribution < -0.4 is 5.32 Å². The van der Waals surface area contributed by atoms with Crippen LogP contribution in [0.5, 0.6) is 0 Å². The van der Waals surface area contributed by atoms with E-state index in [1.807, 2.05) is 12.1 Å². The number of carbonyl (C=O) groups excluding carboxylic acids is 1. The summed E-state index contributed by atoms with van der Waals surface area (Å²) in [5.41, 5.74) is 0.953. The van der Waals surface area contributed by atoms with E-state index in [4.69, 9.17) is 16.0 Å². The molecule has 3 aromatic heterocycles. The van der Waals surface area contributed by atoms with Gasteiger partial charge in [-0.2, -0.15) is 9.78 Å². The quantitative estimate of drug-likeness (QED) is 0.493. The highest BCUT2D eigenvalue weighted by Crippen LogP contribution is 2.29. The predicted octanol–water partition coefficient (Wildman–Crippen LogP) is 5.30. The zero-order chi connectivity index (χ0) is 18.8. The van der Waals surface area contributed by atoms with Crippen LogP contribution in [0, 0.1) is 5.82 Å². The summed E-state index contributed by atoms with van der Waals surface area (Å²) in [6.07, 6.45) is 2.68. The lowest BCUT2D eigenvalue weighted by Crippen LogP contribution is -2.17. The second kappa shape index (κ2) is 7.38. The fraction of sp³-hybridized carbons (Fsp3) is 0.0526. The minimum atomic E-state index is -0.597. The van der Waals surface area contributed by atoms with E-state index in [0.717, 1.165) is 9.56 Å². The molecule has 0 saturated carbocycles. The molecule has 0 amide bonds. The standard InChI is InChI=1S/C19H13ClFN3O2S/c20-15-7-6-14(27-15)10-22-18-16(21)17(12-4-2-1-3-5-12)23-24(18)19(25)13-8-9-26-11-13/h1-9,11,22H,10H2. The van der Waals surface area contributed by atoms with Crippen molar-refractivity contribution >= 4 is 34.7 Å². The number of rotatable bonds is 5. The normalized spacial score (nSPS) is 10.9. The highest BCUT2D eigenvalue weighted by Gasteiger charge is 2.24. The summed E-state index contributed by atoms with van der Waals surface area (Å²) in [4.78, 5) is 13.7. The van der Waals surface area contributed by atoms with Crippen molar-refractivity contribution in [2.75, 3.05) is 5.32 Å². The van der Waals surface area contributed by atoms with E-state index < -0.39 is 11.7 Å². The van der Waals surface area contributed by atoms with Gasteiger partial charge in [-0.15, -0.1) is 11.3 Å². The third kappa shape index (κ3) is 3.51. The lowest BCUT2D eigenvalue weighted by molar-refractivity contribution is 0.0947. The molecule has 27 heavy (non-hydrogen) atoms. The van der Waals surface area contributed by atoms with Gasteiger partial charge in [0.05, 0.1) is 22.7 Å². The van der Waals surface area contributed by atoms with E-state index in [2.05, 4.69) is 10.4 Å². The van der Waals surface area contributed by atoms with Crippen molar-refractivity contribution < 1.29 is 13.6 Å². The SMILES string of the molecule is O=C(c1ccoc1)n1nc(-c2ccccc2)c(F)c1NCc1ccc(Cl)s1. The van der Waals surface area contributed by atoms with E-state index in [1.165, 1.54) is 29.9 Å². The van der Waals surface area contributed by atoms with E-state index in [0.29, 0.717) is 16.4 Å². The van der Waals surface area contributed by atoms with Crippen molar-refractivity contribution in [2.24, 2.45) is 0 Å². The summed E-state index contributed by atoms with van der Waals surface area (Å²) < 4.78 is 21.8. The molecule has 5 nitrogen and oxygen atoms in total. The second-order valence-corrected chi connectivity index (χ2v) is 7.47. The van der Waals surface area contributed by atoms with E-state index in [-0.39, 0.29) is 17.1 Å². The number of anilines is 1. The van der Waals surface area contributed by atoms with Crippen molar-refractivity contribution in [3.63, 3.8) is 0 Å². The summed E-state index contributed by atoms with van der Waals surface area (Å²) in [6, 6.07) is 14.0. The summed E-state index contributed by atoms with van der Waals surface area (Å²) >= 11 is 7.32. The Hall–Kier alpha value is -2.90. The Morgan fingerprint density at radius 3 is 2.70 bits per heavy atom. The van der Waals surface area contributed by atoms with Crippen LogP contribution in [0.4, 0.5) is 10.2 Å². The molecule has 0 fully saturated rings. The first-order valence-electron chi connectivity index (χ1n) is 8.02. The maximum Gasteiger partial charge on any atom is 0.283 e. The van der Waals surface area contributed by atoms with Crippen molar-refractivity contribution in [1.82, 2.24) is 9.78 Å². The number of carbonyl (C=O) groups is 1. The van der Waals surface area contributed by atoms with Crippen molar-refractivity contribution in [3.05, 3.63) is 81.7 Å². The van der Waals surface area contributed by atoms with Crippen molar-refractivity contribution in [1.29, 1.82) is 0 Å². The molecule has 0 radical (unpaired) electrons. The van der Waals surface area contributed by atoms with Gasteiger partial charge in [0.1, 0.15) is 12.0 Å². The smallest absolute Gasteiger partial charge is 0.283 e. The molecule has 4 aromatic rings. The van der Waals surface area contributed by atoms with Crippen LogP contribution in [0.2, 0.25) is 4.34 Å². The van der Waals surface area contributed by atoms with Crippen LogP contribution in [0.15, 0.2) is 65.5 Å². The molecule has 8 heteroatoms. The maximum atomic E-state index is 15.1. The van der Waals surface area contributed by atoms with Crippen molar-refractivity contribution in [2.45, 2.75) is 6.54 Å². The third-order valence-corrected chi connectivity index (χ3v) is 5.13. The summed E-state index contributed by atoms with van der Waals surface area (Å²) in [6.45, 7) is 0.312. The largest absolute Gasteiger partial charge is 0.472 e. The number of nitrogens with zero attached hydrogens (tertiary/aromatic N) is 2. The lowest BCUT2D eigenvalue weighted by Gasteiger charge is -2.07. The first-order valence-corrected chi connectivity index (χ1v) is 9.22. The van der Waals surface area contributed by atoms with Crippen LogP contribution in [0.1, 0.15) is 15.2 Å². The minimum Gasteiger partial charge on any atom is -0.472 e. The van der Waals surface area contributed by atoms with Gasteiger partial charge in [0, 0.05) is 10.4 Å². The fourth-order valence-corrected chi connectivity index (χ4v) is 3.63. The molecular formula is C19H13ClFN3O2S. The summed E-state index contributed by atoms with van der Waals surface area (Å²) in [7, 11) is 0. The molecule has 0 aliphatic rings. The fourth-order valence-electron chi connectivity index (χ4n) is 2.60. The molecular weight excluding hydrogens is 389 g/mol. The molecule has 0 saturated heterocycles. The summed E-state index contributed by atoms with van der Waals surface area (Å²) in [5.74, 6) is -1.10. The van der Waals surface area contributed by atoms with Crippen LogP contribution in [-0.2, 0) is 6.54 Å².